The molecule has 1 aliphatic rings. The summed E-state index contributed by atoms with van der Waals surface area (Å²) in [6, 6.07) is 2.01. The van der Waals surface area contributed by atoms with E-state index in [1.54, 1.807) is 6.33 Å². The van der Waals surface area contributed by atoms with Crippen molar-refractivity contribution >= 4 is 15.9 Å². The van der Waals surface area contributed by atoms with E-state index in [1.807, 2.05) is 12.3 Å². The average Bonchev–Trinajstić information content (AvgIpc) is 2.85. The van der Waals surface area contributed by atoms with E-state index in [0.717, 1.165) is 11.2 Å². The highest BCUT2D eigenvalue weighted by Crippen LogP contribution is 2.47. The van der Waals surface area contributed by atoms with Gasteiger partial charge in [0.1, 0.15) is 6.33 Å². The molecule has 58 valence electrons. The van der Waals surface area contributed by atoms with E-state index < -0.39 is 0 Å². The smallest absolute Gasteiger partial charge is 0.115 e. The fourth-order valence-electron chi connectivity index (χ4n) is 1.30. The largest absolute Gasteiger partial charge is 0.245 e. The van der Waals surface area contributed by atoms with Crippen LogP contribution in [0.25, 0.3) is 0 Å². The van der Waals surface area contributed by atoms with Gasteiger partial charge in [-0.3, -0.25) is 0 Å². The van der Waals surface area contributed by atoms with E-state index in [2.05, 4.69) is 25.9 Å². The summed E-state index contributed by atoms with van der Waals surface area (Å²) in [5.74, 6) is 1.50. The van der Waals surface area contributed by atoms with Crippen LogP contribution in [0.1, 0.15) is 18.0 Å². The van der Waals surface area contributed by atoms with Gasteiger partial charge in [-0.1, -0.05) is 15.9 Å². The van der Waals surface area contributed by atoms with Crippen LogP contribution in [-0.4, -0.2) is 15.3 Å². The third kappa shape index (κ3) is 1.43. The van der Waals surface area contributed by atoms with Crippen molar-refractivity contribution < 1.29 is 0 Å². The minimum atomic E-state index is 0.692. The van der Waals surface area contributed by atoms with E-state index >= 15 is 0 Å². The van der Waals surface area contributed by atoms with Crippen molar-refractivity contribution in [1.29, 1.82) is 0 Å². The Labute approximate surface area is 74.2 Å². The maximum atomic E-state index is 4.21. The molecule has 2 rings (SSSR count). The van der Waals surface area contributed by atoms with Gasteiger partial charge < -0.3 is 0 Å². The first-order valence-electron chi connectivity index (χ1n) is 3.73. The van der Waals surface area contributed by atoms with Crippen molar-refractivity contribution in [3.8, 4) is 0 Å². The molecule has 0 aromatic carbocycles. The van der Waals surface area contributed by atoms with E-state index in [1.165, 1.54) is 12.1 Å². The summed E-state index contributed by atoms with van der Waals surface area (Å²) >= 11 is 3.47. The monoisotopic (exact) mass is 212 g/mol. The van der Waals surface area contributed by atoms with E-state index in [-0.39, 0.29) is 0 Å². The number of hydrogen-bond donors (Lipinski definition) is 0. The lowest BCUT2D eigenvalue weighted by molar-refractivity contribution is 0.891. The molecule has 0 aliphatic heterocycles. The zero-order chi connectivity index (χ0) is 7.68. The summed E-state index contributed by atoms with van der Waals surface area (Å²) in [4.78, 5) is 8.09. The molecule has 0 amide bonds. The van der Waals surface area contributed by atoms with Gasteiger partial charge in [-0.05, 0) is 18.4 Å². The molecule has 2 atom stereocenters. The van der Waals surface area contributed by atoms with Crippen molar-refractivity contribution in [2.24, 2.45) is 5.92 Å². The second kappa shape index (κ2) is 2.89. The topological polar surface area (TPSA) is 25.8 Å². The molecule has 3 heteroatoms. The number of hydrogen-bond acceptors (Lipinski definition) is 2. The molecule has 0 N–H and O–H groups in total. The quantitative estimate of drug-likeness (QED) is 0.702. The van der Waals surface area contributed by atoms with Crippen molar-refractivity contribution in [2.75, 3.05) is 5.33 Å². The second-order valence-corrected chi connectivity index (χ2v) is 3.54. The third-order valence-electron chi connectivity index (χ3n) is 2.11. The van der Waals surface area contributed by atoms with Crippen LogP contribution in [0.2, 0.25) is 0 Å². The molecule has 2 unspecified atom stereocenters. The molecule has 0 spiro atoms. The van der Waals surface area contributed by atoms with Crippen molar-refractivity contribution in [1.82, 2.24) is 9.97 Å². The molecule has 1 heterocycles. The Bertz CT molecular complexity index is 237. The lowest BCUT2D eigenvalue weighted by atomic mass is 10.2. The molecule has 0 bridgehead atoms. The van der Waals surface area contributed by atoms with E-state index in [9.17, 15) is 0 Å². The first-order chi connectivity index (χ1) is 5.42. The summed E-state index contributed by atoms with van der Waals surface area (Å²) in [7, 11) is 0. The molecule has 0 saturated heterocycles. The van der Waals surface area contributed by atoms with Gasteiger partial charge in [-0.15, -0.1) is 0 Å². The molecule has 1 saturated carbocycles. The highest BCUT2D eigenvalue weighted by molar-refractivity contribution is 9.09. The summed E-state index contributed by atoms with van der Waals surface area (Å²) in [6.45, 7) is 0. The van der Waals surface area contributed by atoms with Gasteiger partial charge in [0.25, 0.3) is 0 Å². The van der Waals surface area contributed by atoms with E-state index in [4.69, 9.17) is 0 Å². The van der Waals surface area contributed by atoms with Crippen molar-refractivity contribution in [3.05, 3.63) is 24.3 Å². The highest BCUT2D eigenvalue weighted by Gasteiger charge is 2.37. The number of rotatable bonds is 2. The fourth-order valence-corrected chi connectivity index (χ4v) is 2.02. The summed E-state index contributed by atoms with van der Waals surface area (Å²) < 4.78 is 0. The van der Waals surface area contributed by atoms with Crippen LogP contribution >= 0.6 is 15.9 Å². The molecule has 1 aromatic rings. The van der Waals surface area contributed by atoms with Gasteiger partial charge in [0, 0.05) is 23.1 Å². The first-order valence-corrected chi connectivity index (χ1v) is 4.86. The van der Waals surface area contributed by atoms with Gasteiger partial charge in [0.05, 0.1) is 0 Å². The normalized spacial score (nSPS) is 28.5. The van der Waals surface area contributed by atoms with Gasteiger partial charge in [0.15, 0.2) is 0 Å². The van der Waals surface area contributed by atoms with Crippen LogP contribution in [0.15, 0.2) is 18.6 Å². The number of nitrogens with zero attached hydrogens (tertiary/aromatic N) is 2. The van der Waals surface area contributed by atoms with Gasteiger partial charge in [0.2, 0.25) is 0 Å². The molecule has 1 aliphatic carbocycles. The molecular weight excluding hydrogens is 204 g/mol. The zero-order valence-corrected chi connectivity index (χ0v) is 7.66. The van der Waals surface area contributed by atoms with Gasteiger partial charge in [-0.2, -0.15) is 0 Å². The van der Waals surface area contributed by atoms with Crippen LogP contribution in [0.4, 0.5) is 0 Å². The second-order valence-electron chi connectivity index (χ2n) is 2.89. The zero-order valence-electron chi connectivity index (χ0n) is 6.07. The number of alkyl halides is 1. The maximum absolute atomic E-state index is 4.21. The molecule has 1 fully saturated rings. The molecule has 0 radical (unpaired) electrons. The van der Waals surface area contributed by atoms with Gasteiger partial charge in [-0.25, -0.2) is 9.97 Å². The van der Waals surface area contributed by atoms with Crippen LogP contribution in [0.3, 0.4) is 0 Å². The highest BCUT2D eigenvalue weighted by atomic mass is 79.9. The van der Waals surface area contributed by atoms with Crippen LogP contribution in [-0.2, 0) is 0 Å². The Morgan fingerprint density at radius 2 is 2.55 bits per heavy atom. The minimum absolute atomic E-state index is 0.692. The first kappa shape index (κ1) is 7.22. The Hall–Kier alpha value is -0.440. The molecule has 1 aromatic heterocycles. The Kier molecular flexibility index (Phi) is 1.90. The third-order valence-corrected chi connectivity index (χ3v) is 2.94. The fraction of sp³-hybridized carbons (Fsp3) is 0.500. The Balaban J connectivity index is 2.09. The standard InChI is InChI=1S/C8H9BrN2/c9-4-6-3-7(6)8-1-2-10-5-11-8/h1-2,5-7H,3-4H2. The van der Waals surface area contributed by atoms with Gasteiger partial charge >= 0.3 is 0 Å². The number of aromatic nitrogens is 2. The van der Waals surface area contributed by atoms with Crippen LogP contribution in [0, 0.1) is 5.92 Å². The van der Waals surface area contributed by atoms with Crippen molar-refractivity contribution in [3.63, 3.8) is 0 Å². The van der Waals surface area contributed by atoms with Crippen LogP contribution in [0.5, 0.6) is 0 Å². The lowest BCUT2D eigenvalue weighted by Gasteiger charge is -1.94. The Morgan fingerprint density at radius 1 is 1.64 bits per heavy atom. The predicted molar refractivity (Wildman–Crippen MR) is 46.7 cm³/mol. The van der Waals surface area contributed by atoms with Crippen LogP contribution < -0.4 is 0 Å². The average molecular weight is 213 g/mol. The molecular formula is C8H9BrN2. The van der Waals surface area contributed by atoms with E-state index in [0.29, 0.717) is 5.92 Å². The minimum Gasteiger partial charge on any atom is -0.245 e. The SMILES string of the molecule is BrCC1CC1c1ccncn1. The predicted octanol–water partition coefficient (Wildman–Crippen LogP) is 1.97. The maximum Gasteiger partial charge on any atom is 0.115 e. The van der Waals surface area contributed by atoms with Crippen molar-refractivity contribution in [2.45, 2.75) is 12.3 Å². The summed E-state index contributed by atoms with van der Waals surface area (Å²) in [5, 5.41) is 1.10. The number of halogens is 1. The Morgan fingerprint density at radius 3 is 3.09 bits per heavy atom. The summed E-state index contributed by atoms with van der Waals surface area (Å²) in [5.41, 5.74) is 1.20. The molecule has 11 heavy (non-hydrogen) atoms. The summed E-state index contributed by atoms with van der Waals surface area (Å²) in [6.07, 6.45) is 4.72. The lowest BCUT2D eigenvalue weighted by Crippen LogP contribution is -1.88. The molecule has 2 nitrogen and oxygen atoms in total.